The van der Waals surface area contributed by atoms with E-state index in [-0.39, 0.29) is 11.7 Å². The fourth-order valence-corrected chi connectivity index (χ4v) is 2.96. The molecule has 0 atom stereocenters. The van der Waals surface area contributed by atoms with Gasteiger partial charge in [-0.1, -0.05) is 24.3 Å². The van der Waals surface area contributed by atoms with Gasteiger partial charge in [-0.3, -0.25) is 15.7 Å². The average Bonchev–Trinajstić information content (AvgIpc) is 2.76. The van der Waals surface area contributed by atoms with Crippen LogP contribution in [0.4, 0.5) is 22.7 Å². The molecule has 0 fully saturated rings. The monoisotopic (exact) mass is 327 g/mol. The SMILES string of the molecule is N=C(c1ccc(N)cc1)N1C(=N)c2ccccc2Nc2ccccc21. The first-order valence-corrected chi connectivity index (χ1v) is 7.94. The van der Waals surface area contributed by atoms with E-state index < -0.39 is 0 Å². The quantitative estimate of drug-likeness (QED) is 0.307. The summed E-state index contributed by atoms with van der Waals surface area (Å²) >= 11 is 0. The van der Waals surface area contributed by atoms with E-state index in [0.717, 1.165) is 22.6 Å². The Morgan fingerprint density at radius 2 is 1.48 bits per heavy atom. The van der Waals surface area contributed by atoms with E-state index in [2.05, 4.69) is 5.32 Å². The van der Waals surface area contributed by atoms with Gasteiger partial charge in [0.2, 0.25) is 0 Å². The Morgan fingerprint density at radius 1 is 0.840 bits per heavy atom. The first-order chi connectivity index (χ1) is 12.1. The third kappa shape index (κ3) is 2.52. The summed E-state index contributed by atoms with van der Waals surface area (Å²) in [5, 5.41) is 20.8. The molecule has 1 heterocycles. The van der Waals surface area contributed by atoms with Crippen molar-refractivity contribution in [3.63, 3.8) is 0 Å². The topological polar surface area (TPSA) is 89.0 Å². The molecule has 0 spiro atoms. The molecular formula is C20H17N5. The number of hydrogen-bond acceptors (Lipinski definition) is 4. The fourth-order valence-electron chi connectivity index (χ4n) is 2.96. The van der Waals surface area contributed by atoms with Crippen molar-refractivity contribution in [1.82, 2.24) is 0 Å². The Hall–Kier alpha value is -3.60. The van der Waals surface area contributed by atoms with Gasteiger partial charge in [0.15, 0.2) is 0 Å². The molecule has 0 saturated carbocycles. The fraction of sp³-hybridized carbons (Fsp3) is 0. The van der Waals surface area contributed by atoms with E-state index in [1.807, 2.05) is 48.5 Å². The van der Waals surface area contributed by atoms with Crippen molar-refractivity contribution < 1.29 is 0 Å². The number of anilines is 4. The molecule has 5 N–H and O–H groups in total. The van der Waals surface area contributed by atoms with Gasteiger partial charge in [0, 0.05) is 22.5 Å². The number of benzene rings is 3. The molecule has 0 radical (unpaired) electrons. The van der Waals surface area contributed by atoms with Crippen molar-refractivity contribution in [3.8, 4) is 0 Å². The number of rotatable bonds is 1. The summed E-state index contributed by atoms with van der Waals surface area (Å²) in [7, 11) is 0. The van der Waals surface area contributed by atoms with Gasteiger partial charge in [0.25, 0.3) is 0 Å². The number of fused-ring (bicyclic) bond motifs is 2. The van der Waals surface area contributed by atoms with Crippen molar-refractivity contribution in [2.24, 2.45) is 0 Å². The predicted molar refractivity (Wildman–Crippen MR) is 103 cm³/mol. The van der Waals surface area contributed by atoms with Gasteiger partial charge in [-0.15, -0.1) is 0 Å². The molecular weight excluding hydrogens is 310 g/mol. The molecule has 0 saturated heterocycles. The highest BCUT2D eigenvalue weighted by atomic mass is 15.2. The van der Waals surface area contributed by atoms with E-state index in [0.29, 0.717) is 11.3 Å². The van der Waals surface area contributed by atoms with Crippen LogP contribution in [-0.2, 0) is 0 Å². The van der Waals surface area contributed by atoms with E-state index >= 15 is 0 Å². The number of para-hydroxylation sites is 3. The highest BCUT2D eigenvalue weighted by Crippen LogP contribution is 2.36. The molecule has 1 aliphatic rings. The predicted octanol–water partition coefficient (Wildman–Crippen LogP) is 4.18. The maximum atomic E-state index is 8.74. The van der Waals surface area contributed by atoms with Crippen LogP contribution in [-0.4, -0.2) is 11.7 Å². The van der Waals surface area contributed by atoms with Crippen LogP contribution in [0.25, 0.3) is 0 Å². The third-order valence-corrected chi connectivity index (χ3v) is 4.23. The van der Waals surface area contributed by atoms with Crippen molar-refractivity contribution in [1.29, 1.82) is 10.8 Å². The van der Waals surface area contributed by atoms with Gasteiger partial charge in [0.05, 0.1) is 11.4 Å². The number of nitrogens with zero attached hydrogens (tertiary/aromatic N) is 1. The molecule has 1 aliphatic heterocycles. The van der Waals surface area contributed by atoms with Crippen molar-refractivity contribution in [2.45, 2.75) is 0 Å². The summed E-state index contributed by atoms with van der Waals surface area (Å²) in [6.07, 6.45) is 0. The molecule has 3 aromatic rings. The smallest absolute Gasteiger partial charge is 0.140 e. The Labute approximate surface area is 145 Å². The normalized spacial score (nSPS) is 12.6. The zero-order valence-electron chi connectivity index (χ0n) is 13.5. The summed E-state index contributed by atoms with van der Waals surface area (Å²) in [5.41, 5.74) is 10.3. The first-order valence-electron chi connectivity index (χ1n) is 7.94. The summed E-state index contributed by atoms with van der Waals surface area (Å²) in [6, 6.07) is 22.5. The van der Waals surface area contributed by atoms with Gasteiger partial charge in [-0.05, 0) is 48.5 Å². The van der Waals surface area contributed by atoms with Crippen molar-refractivity contribution in [2.75, 3.05) is 16.0 Å². The van der Waals surface area contributed by atoms with E-state index in [1.54, 1.807) is 29.2 Å². The van der Waals surface area contributed by atoms with Crippen LogP contribution < -0.4 is 16.0 Å². The molecule has 0 aliphatic carbocycles. The van der Waals surface area contributed by atoms with Gasteiger partial charge in [0.1, 0.15) is 11.7 Å². The summed E-state index contributed by atoms with van der Waals surface area (Å²) in [6.45, 7) is 0. The van der Waals surface area contributed by atoms with Crippen LogP contribution in [0.5, 0.6) is 0 Å². The van der Waals surface area contributed by atoms with E-state index in [4.69, 9.17) is 16.6 Å². The largest absolute Gasteiger partial charge is 0.399 e. The molecule has 3 aromatic carbocycles. The molecule has 5 heteroatoms. The molecule has 122 valence electrons. The Bertz CT molecular complexity index is 975. The van der Waals surface area contributed by atoms with Crippen LogP contribution in [0.15, 0.2) is 72.8 Å². The molecule has 25 heavy (non-hydrogen) atoms. The van der Waals surface area contributed by atoms with Crippen LogP contribution in [0, 0.1) is 10.8 Å². The number of nitrogens with one attached hydrogen (secondary N) is 3. The molecule has 0 aromatic heterocycles. The Balaban J connectivity index is 1.89. The summed E-state index contributed by atoms with van der Waals surface area (Å²) in [5.74, 6) is 0.492. The minimum Gasteiger partial charge on any atom is -0.399 e. The van der Waals surface area contributed by atoms with Crippen LogP contribution in [0.2, 0.25) is 0 Å². The molecule has 5 nitrogen and oxygen atoms in total. The minimum atomic E-state index is 0.232. The number of nitrogen functional groups attached to an aromatic ring is 1. The van der Waals surface area contributed by atoms with E-state index in [1.165, 1.54) is 0 Å². The van der Waals surface area contributed by atoms with Crippen molar-refractivity contribution >= 4 is 34.4 Å². The minimum absolute atomic E-state index is 0.232. The van der Waals surface area contributed by atoms with Crippen molar-refractivity contribution in [3.05, 3.63) is 83.9 Å². The lowest BCUT2D eigenvalue weighted by Crippen LogP contribution is -2.36. The van der Waals surface area contributed by atoms with Crippen LogP contribution in [0.1, 0.15) is 11.1 Å². The highest BCUT2D eigenvalue weighted by Gasteiger charge is 2.27. The lowest BCUT2D eigenvalue weighted by Gasteiger charge is -2.25. The van der Waals surface area contributed by atoms with Gasteiger partial charge in [-0.25, -0.2) is 0 Å². The van der Waals surface area contributed by atoms with Crippen LogP contribution >= 0.6 is 0 Å². The van der Waals surface area contributed by atoms with E-state index in [9.17, 15) is 0 Å². The van der Waals surface area contributed by atoms with Crippen LogP contribution in [0.3, 0.4) is 0 Å². The molecule has 4 rings (SSSR count). The van der Waals surface area contributed by atoms with Gasteiger partial charge < -0.3 is 11.1 Å². The highest BCUT2D eigenvalue weighted by molar-refractivity contribution is 6.30. The second kappa shape index (κ2) is 5.79. The molecule has 0 amide bonds. The number of hydrogen-bond donors (Lipinski definition) is 4. The average molecular weight is 327 g/mol. The Kier molecular flexibility index (Phi) is 3.47. The summed E-state index contributed by atoms with van der Waals surface area (Å²) < 4.78 is 0. The lowest BCUT2D eigenvalue weighted by molar-refractivity contribution is 1.30. The molecule has 0 unspecified atom stereocenters. The lowest BCUT2D eigenvalue weighted by atomic mass is 10.1. The second-order valence-corrected chi connectivity index (χ2v) is 5.84. The van der Waals surface area contributed by atoms with Gasteiger partial charge >= 0.3 is 0 Å². The van der Waals surface area contributed by atoms with Gasteiger partial charge in [-0.2, -0.15) is 0 Å². The second-order valence-electron chi connectivity index (χ2n) is 5.84. The zero-order chi connectivity index (χ0) is 17.4. The number of amidine groups is 2. The number of nitrogens with two attached hydrogens (primary N) is 1. The summed E-state index contributed by atoms with van der Waals surface area (Å²) in [4.78, 5) is 1.65. The maximum Gasteiger partial charge on any atom is 0.140 e. The first kappa shape index (κ1) is 15.0. The Morgan fingerprint density at radius 3 is 2.24 bits per heavy atom. The maximum absolute atomic E-state index is 8.74. The third-order valence-electron chi connectivity index (χ3n) is 4.23. The standard InChI is InChI=1S/C20H17N5/c21-14-11-9-13(10-12-14)19(22)25-18-8-4-3-7-17(18)24-16-6-2-1-5-15(16)20(25)23/h1-12,22-24H,21H2. The zero-order valence-corrected chi connectivity index (χ0v) is 13.5. The molecule has 0 bridgehead atoms.